The first-order chi connectivity index (χ1) is 9.45. The molecule has 0 radical (unpaired) electrons. The second kappa shape index (κ2) is 6.27. The maximum absolute atomic E-state index is 10.1. The standard InChI is InChI=1S/C18H24O2/c1-18(2,3)15-8-6-14(7-9-15)13-16(19)10-11-17-5-4-12-20-17/h4-9,12,16,19H,10-11,13H2,1-3H3. The lowest BCUT2D eigenvalue weighted by Crippen LogP contribution is -2.13. The molecular formula is C18H24O2. The molecule has 1 N–H and O–H groups in total. The highest BCUT2D eigenvalue weighted by atomic mass is 16.3. The molecule has 0 saturated carbocycles. The Balaban J connectivity index is 1.86. The van der Waals surface area contributed by atoms with E-state index >= 15 is 0 Å². The van der Waals surface area contributed by atoms with Gasteiger partial charge in [-0.15, -0.1) is 0 Å². The molecule has 0 aliphatic heterocycles. The molecule has 0 amide bonds. The van der Waals surface area contributed by atoms with Crippen LogP contribution >= 0.6 is 0 Å². The van der Waals surface area contributed by atoms with Crippen molar-refractivity contribution in [2.24, 2.45) is 0 Å². The van der Waals surface area contributed by atoms with Gasteiger partial charge in [-0.25, -0.2) is 0 Å². The minimum Gasteiger partial charge on any atom is -0.469 e. The van der Waals surface area contributed by atoms with Crippen molar-refractivity contribution in [2.75, 3.05) is 0 Å². The van der Waals surface area contributed by atoms with Crippen molar-refractivity contribution in [3.63, 3.8) is 0 Å². The number of benzene rings is 1. The quantitative estimate of drug-likeness (QED) is 0.888. The van der Waals surface area contributed by atoms with E-state index < -0.39 is 0 Å². The number of hydrogen-bond acceptors (Lipinski definition) is 2. The summed E-state index contributed by atoms with van der Waals surface area (Å²) in [4.78, 5) is 0. The third-order valence-electron chi connectivity index (χ3n) is 3.60. The van der Waals surface area contributed by atoms with Crippen LogP contribution in [0.2, 0.25) is 0 Å². The van der Waals surface area contributed by atoms with E-state index in [2.05, 4.69) is 45.0 Å². The zero-order valence-corrected chi connectivity index (χ0v) is 12.6. The van der Waals surface area contributed by atoms with Crippen LogP contribution < -0.4 is 0 Å². The summed E-state index contributed by atoms with van der Waals surface area (Å²) in [5.41, 5.74) is 2.69. The van der Waals surface area contributed by atoms with E-state index in [1.807, 2.05) is 12.1 Å². The van der Waals surface area contributed by atoms with Gasteiger partial charge in [0.05, 0.1) is 12.4 Å². The normalized spacial score (nSPS) is 13.4. The minimum atomic E-state index is -0.319. The summed E-state index contributed by atoms with van der Waals surface area (Å²) in [6.45, 7) is 6.63. The molecule has 1 aromatic heterocycles. The summed E-state index contributed by atoms with van der Waals surface area (Å²) in [5, 5.41) is 10.1. The average molecular weight is 272 g/mol. The first-order valence-electron chi connectivity index (χ1n) is 7.25. The van der Waals surface area contributed by atoms with E-state index in [1.165, 1.54) is 11.1 Å². The number of hydrogen-bond donors (Lipinski definition) is 1. The Morgan fingerprint density at radius 1 is 1.10 bits per heavy atom. The Bertz CT molecular complexity index is 503. The van der Waals surface area contributed by atoms with Crippen molar-refractivity contribution in [1.82, 2.24) is 0 Å². The lowest BCUT2D eigenvalue weighted by Gasteiger charge is -2.19. The monoisotopic (exact) mass is 272 g/mol. The molecule has 108 valence electrons. The largest absolute Gasteiger partial charge is 0.469 e. The van der Waals surface area contributed by atoms with Gasteiger partial charge in [-0.3, -0.25) is 0 Å². The zero-order chi connectivity index (χ0) is 14.6. The second-order valence-corrected chi connectivity index (χ2v) is 6.42. The maximum atomic E-state index is 10.1. The minimum absolute atomic E-state index is 0.177. The molecule has 20 heavy (non-hydrogen) atoms. The number of aliphatic hydroxyl groups excluding tert-OH is 1. The molecule has 1 atom stereocenters. The van der Waals surface area contributed by atoms with Gasteiger partial charge in [-0.05, 0) is 41.5 Å². The van der Waals surface area contributed by atoms with Gasteiger partial charge in [0.25, 0.3) is 0 Å². The van der Waals surface area contributed by atoms with E-state index in [0.717, 1.165) is 18.6 Å². The fourth-order valence-electron chi connectivity index (χ4n) is 2.28. The number of furan rings is 1. The molecule has 0 fully saturated rings. The van der Waals surface area contributed by atoms with Gasteiger partial charge < -0.3 is 9.52 Å². The topological polar surface area (TPSA) is 33.4 Å². The van der Waals surface area contributed by atoms with Crippen molar-refractivity contribution >= 4 is 0 Å². The van der Waals surface area contributed by atoms with Gasteiger partial charge in [0.1, 0.15) is 5.76 Å². The smallest absolute Gasteiger partial charge is 0.103 e. The van der Waals surface area contributed by atoms with Crippen LogP contribution in [0.3, 0.4) is 0 Å². The van der Waals surface area contributed by atoms with Crippen LogP contribution in [0.25, 0.3) is 0 Å². The van der Waals surface area contributed by atoms with Crippen LogP contribution in [0.5, 0.6) is 0 Å². The molecule has 2 heteroatoms. The highest BCUT2D eigenvalue weighted by Gasteiger charge is 2.13. The Morgan fingerprint density at radius 3 is 2.35 bits per heavy atom. The van der Waals surface area contributed by atoms with Gasteiger partial charge in [-0.1, -0.05) is 45.0 Å². The van der Waals surface area contributed by atoms with Crippen molar-refractivity contribution in [3.8, 4) is 0 Å². The van der Waals surface area contributed by atoms with Crippen LogP contribution in [0, 0.1) is 0 Å². The molecule has 0 saturated heterocycles. The Hall–Kier alpha value is -1.54. The predicted octanol–water partition coefficient (Wildman–Crippen LogP) is 4.11. The fraction of sp³-hybridized carbons (Fsp3) is 0.444. The average Bonchev–Trinajstić information content (AvgIpc) is 2.89. The second-order valence-electron chi connectivity index (χ2n) is 6.42. The van der Waals surface area contributed by atoms with E-state index in [1.54, 1.807) is 6.26 Å². The highest BCUT2D eigenvalue weighted by Crippen LogP contribution is 2.22. The third-order valence-corrected chi connectivity index (χ3v) is 3.60. The molecule has 0 aliphatic carbocycles. The van der Waals surface area contributed by atoms with Gasteiger partial charge in [0.2, 0.25) is 0 Å². The molecule has 2 aromatic rings. The van der Waals surface area contributed by atoms with Crippen molar-refractivity contribution in [1.29, 1.82) is 0 Å². The van der Waals surface area contributed by atoms with E-state index in [4.69, 9.17) is 4.42 Å². The van der Waals surface area contributed by atoms with Crippen LogP contribution in [0.15, 0.2) is 47.1 Å². The van der Waals surface area contributed by atoms with Crippen LogP contribution in [0.4, 0.5) is 0 Å². The maximum Gasteiger partial charge on any atom is 0.103 e. The molecule has 0 aliphatic rings. The SMILES string of the molecule is CC(C)(C)c1ccc(CC(O)CCc2ccco2)cc1. The molecule has 1 aromatic carbocycles. The molecule has 2 nitrogen and oxygen atoms in total. The zero-order valence-electron chi connectivity index (χ0n) is 12.6. The van der Waals surface area contributed by atoms with Crippen molar-refractivity contribution < 1.29 is 9.52 Å². The summed E-state index contributed by atoms with van der Waals surface area (Å²) >= 11 is 0. The third kappa shape index (κ3) is 4.24. The predicted molar refractivity (Wildman–Crippen MR) is 81.9 cm³/mol. The van der Waals surface area contributed by atoms with Gasteiger partial charge in [0, 0.05) is 6.42 Å². The van der Waals surface area contributed by atoms with E-state index in [9.17, 15) is 5.11 Å². The molecule has 2 rings (SSSR count). The summed E-state index contributed by atoms with van der Waals surface area (Å²) in [6, 6.07) is 12.4. The molecule has 1 heterocycles. The fourth-order valence-corrected chi connectivity index (χ4v) is 2.28. The van der Waals surface area contributed by atoms with Gasteiger partial charge in [0.15, 0.2) is 0 Å². The lowest BCUT2D eigenvalue weighted by atomic mass is 9.86. The summed E-state index contributed by atoms with van der Waals surface area (Å²) < 4.78 is 5.28. The summed E-state index contributed by atoms with van der Waals surface area (Å²) in [5.74, 6) is 0.937. The first-order valence-corrected chi connectivity index (χ1v) is 7.25. The molecule has 1 unspecified atom stereocenters. The number of aliphatic hydroxyl groups is 1. The molecule has 0 spiro atoms. The van der Waals surface area contributed by atoms with Gasteiger partial charge >= 0.3 is 0 Å². The Labute approximate surface area is 121 Å². The summed E-state index contributed by atoms with van der Waals surface area (Å²) in [7, 11) is 0. The number of aryl methyl sites for hydroxylation is 1. The van der Waals surface area contributed by atoms with Crippen LogP contribution in [0.1, 0.15) is 44.1 Å². The van der Waals surface area contributed by atoms with Gasteiger partial charge in [-0.2, -0.15) is 0 Å². The first kappa shape index (κ1) is 14.9. The van der Waals surface area contributed by atoms with Crippen molar-refractivity contribution in [2.45, 2.75) is 51.6 Å². The summed E-state index contributed by atoms with van der Waals surface area (Å²) in [6.07, 6.45) is 3.57. The van der Waals surface area contributed by atoms with Crippen LogP contribution in [-0.2, 0) is 18.3 Å². The van der Waals surface area contributed by atoms with Crippen LogP contribution in [-0.4, -0.2) is 11.2 Å². The van der Waals surface area contributed by atoms with E-state index in [0.29, 0.717) is 6.42 Å². The highest BCUT2D eigenvalue weighted by molar-refractivity contribution is 5.27. The molecule has 0 bridgehead atoms. The van der Waals surface area contributed by atoms with E-state index in [-0.39, 0.29) is 11.5 Å². The molecular weight excluding hydrogens is 248 g/mol. The van der Waals surface area contributed by atoms with Crippen molar-refractivity contribution in [3.05, 3.63) is 59.5 Å². The Morgan fingerprint density at radius 2 is 1.80 bits per heavy atom. The number of rotatable bonds is 5. The Kier molecular flexibility index (Phi) is 4.66. The lowest BCUT2D eigenvalue weighted by molar-refractivity contribution is 0.163.